The number of amides is 1. The van der Waals surface area contributed by atoms with Gasteiger partial charge in [-0.15, -0.1) is 0 Å². The molecule has 32 heavy (non-hydrogen) atoms. The van der Waals surface area contributed by atoms with Gasteiger partial charge in [-0.25, -0.2) is 0 Å². The SMILES string of the molecule is CCC(O)C1CNc2nc(N)[nH]c(=O)c2N1.CCCCCC(=O)O.C[C@H](NC=O)C(=O)O. The number of hydrogen-bond acceptors (Lipinski definition) is 9. The monoisotopic (exact) mass is 458 g/mol. The predicted octanol–water partition coefficient (Wildman–Crippen LogP) is 0.186. The van der Waals surface area contributed by atoms with Crippen molar-refractivity contribution in [3.63, 3.8) is 0 Å². The number of aromatic nitrogens is 2. The second-order valence-corrected chi connectivity index (χ2v) is 6.98. The zero-order chi connectivity index (χ0) is 24.7. The predicted molar refractivity (Wildman–Crippen MR) is 120 cm³/mol. The first kappa shape index (κ1) is 28.6. The minimum Gasteiger partial charge on any atom is -0.481 e. The number of aliphatic hydroxyl groups excluding tert-OH is 1. The number of anilines is 3. The topological polar surface area (TPSA) is 220 Å². The molecular formula is C19H34N6O7. The van der Waals surface area contributed by atoms with Crippen molar-refractivity contribution in [1.82, 2.24) is 15.3 Å². The van der Waals surface area contributed by atoms with Gasteiger partial charge in [-0.05, 0) is 19.8 Å². The number of aliphatic hydroxyl groups is 1. The van der Waals surface area contributed by atoms with E-state index in [1.165, 1.54) is 6.92 Å². The summed E-state index contributed by atoms with van der Waals surface area (Å²) in [6.07, 6.45) is 3.75. The molecule has 1 aliphatic rings. The van der Waals surface area contributed by atoms with E-state index in [2.05, 4.69) is 32.8 Å². The third-order valence-electron chi connectivity index (χ3n) is 4.32. The Kier molecular flexibility index (Phi) is 13.8. The van der Waals surface area contributed by atoms with Crippen LogP contribution in [0.3, 0.4) is 0 Å². The van der Waals surface area contributed by atoms with E-state index in [1.807, 2.05) is 6.92 Å². The van der Waals surface area contributed by atoms with Crippen molar-refractivity contribution in [2.45, 2.75) is 71.1 Å². The number of fused-ring (bicyclic) bond motifs is 1. The lowest BCUT2D eigenvalue weighted by Crippen LogP contribution is -2.44. The van der Waals surface area contributed by atoms with Crippen LogP contribution in [0.2, 0.25) is 0 Å². The number of aromatic amines is 1. The highest BCUT2D eigenvalue weighted by molar-refractivity contribution is 5.75. The van der Waals surface area contributed by atoms with Crippen LogP contribution in [0.4, 0.5) is 17.5 Å². The number of nitrogens with zero attached hydrogens (tertiary/aromatic N) is 1. The van der Waals surface area contributed by atoms with Crippen molar-refractivity contribution < 1.29 is 29.7 Å². The number of carboxylic acid groups (broad SMARTS) is 2. The number of nitrogens with two attached hydrogens (primary N) is 1. The minimum absolute atomic E-state index is 0.0764. The van der Waals surface area contributed by atoms with Gasteiger partial charge in [-0.3, -0.25) is 24.2 Å². The van der Waals surface area contributed by atoms with Gasteiger partial charge in [-0.1, -0.05) is 26.7 Å². The van der Waals surface area contributed by atoms with Gasteiger partial charge in [0.2, 0.25) is 12.4 Å². The van der Waals surface area contributed by atoms with Crippen molar-refractivity contribution in [1.29, 1.82) is 0 Å². The second-order valence-electron chi connectivity index (χ2n) is 6.98. The van der Waals surface area contributed by atoms with Gasteiger partial charge < -0.3 is 37.0 Å². The first-order valence-corrected chi connectivity index (χ1v) is 10.3. The van der Waals surface area contributed by atoms with Crippen LogP contribution in [-0.4, -0.2) is 68.4 Å². The Labute approximate surface area is 185 Å². The van der Waals surface area contributed by atoms with E-state index in [4.69, 9.17) is 15.9 Å². The summed E-state index contributed by atoms with van der Waals surface area (Å²) in [5.41, 5.74) is 5.42. The molecule has 0 saturated carbocycles. The summed E-state index contributed by atoms with van der Waals surface area (Å²) in [6.45, 7) is 5.84. The fourth-order valence-electron chi connectivity index (χ4n) is 2.41. The highest BCUT2D eigenvalue weighted by Crippen LogP contribution is 2.21. The van der Waals surface area contributed by atoms with Crippen LogP contribution in [-0.2, 0) is 14.4 Å². The number of H-pyrrole nitrogens is 1. The van der Waals surface area contributed by atoms with Gasteiger partial charge in [-0.2, -0.15) is 4.98 Å². The molecular weight excluding hydrogens is 424 g/mol. The molecule has 13 heteroatoms. The van der Waals surface area contributed by atoms with E-state index < -0.39 is 24.1 Å². The largest absolute Gasteiger partial charge is 0.481 e. The van der Waals surface area contributed by atoms with Crippen LogP contribution >= 0.6 is 0 Å². The first-order valence-electron chi connectivity index (χ1n) is 10.3. The van der Waals surface area contributed by atoms with Crippen molar-refractivity contribution >= 4 is 35.8 Å². The van der Waals surface area contributed by atoms with Gasteiger partial charge in [0.25, 0.3) is 5.56 Å². The number of nitrogens with one attached hydrogen (secondary N) is 4. The molecule has 182 valence electrons. The zero-order valence-corrected chi connectivity index (χ0v) is 18.6. The molecule has 0 bridgehead atoms. The molecule has 3 atom stereocenters. The van der Waals surface area contributed by atoms with Crippen LogP contribution in [0, 0.1) is 0 Å². The lowest BCUT2D eigenvalue weighted by Gasteiger charge is -2.29. The quantitative estimate of drug-likeness (QED) is 0.184. The number of carbonyl (C=O) groups is 3. The van der Waals surface area contributed by atoms with Crippen LogP contribution in [0.15, 0.2) is 4.79 Å². The number of carboxylic acids is 2. The van der Waals surface area contributed by atoms with E-state index in [9.17, 15) is 24.3 Å². The molecule has 2 heterocycles. The number of rotatable bonds is 9. The average Bonchev–Trinajstić information content (AvgIpc) is 2.74. The molecule has 1 aromatic heterocycles. The standard InChI is InChI=1S/C9H15N5O2.C6H12O2.C4H7NO3/c1-2-5(15)4-3-11-7-6(12-4)8(16)14-9(10)13-7;1-2-3-4-5-6(7)8;1-3(4(7)8)5-2-6/h4-5,12,15H,2-3H2,1H3,(H4,10,11,13,14,16);2-5H2,1H3,(H,7,8);2-3H,1H3,(H,5,6)(H,7,8)/t;;3-/m..0/s1. The Morgan fingerprint density at radius 2 is 1.97 bits per heavy atom. The van der Waals surface area contributed by atoms with Crippen molar-refractivity contribution in [3.8, 4) is 0 Å². The Morgan fingerprint density at radius 1 is 1.31 bits per heavy atom. The minimum atomic E-state index is -1.03. The summed E-state index contributed by atoms with van der Waals surface area (Å²) < 4.78 is 0. The normalized spacial score (nSPS) is 15.6. The van der Waals surface area contributed by atoms with Gasteiger partial charge >= 0.3 is 11.9 Å². The van der Waals surface area contributed by atoms with Crippen molar-refractivity contribution in [3.05, 3.63) is 10.4 Å². The first-order chi connectivity index (χ1) is 15.1. The molecule has 1 amide bonds. The molecule has 0 aromatic carbocycles. The molecule has 9 N–H and O–H groups in total. The Bertz CT molecular complexity index is 786. The molecule has 2 rings (SSSR count). The molecule has 1 aliphatic heterocycles. The van der Waals surface area contributed by atoms with Crippen molar-refractivity contribution in [2.75, 3.05) is 22.9 Å². The molecule has 0 radical (unpaired) electrons. The summed E-state index contributed by atoms with van der Waals surface area (Å²) in [5.74, 6) is -1.20. The van der Waals surface area contributed by atoms with Gasteiger partial charge in [0, 0.05) is 13.0 Å². The lowest BCUT2D eigenvalue weighted by molar-refractivity contribution is -0.140. The van der Waals surface area contributed by atoms with E-state index >= 15 is 0 Å². The summed E-state index contributed by atoms with van der Waals surface area (Å²) in [6, 6.07) is -0.975. The number of unbranched alkanes of at least 4 members (excludes halogenated alkanes) is 2. The molecule has 2 unspecified atom stereocenters. The third-order valence-corrected chi connectivity index (χ3v) is 4.32. The number of carbonyl (C=O) groups excluding carboxylic acids is 1. The molecule has 0 fully saturated rings. The number of hydrogen-bond donors (Lipinski definition) is 8. The molecule has 1 aromatic rings. The summed E-state index contributed by atoms with van der Waals surface area (Å²) >= 11 is 0. The van der Waals surface area contributed by atoms with E-state index in [0.29, 0.717) is 37.3 Å². The summed E-state index contributed by atoms with van der Waals surface area (Å²) in [7, 11) is 0. The Balaban J connectivity index is 0.000000510. The second kappa shape index (κ2) is 15.5. The number of aliphatic carboxylic acids is 2. The average molecular weight is 459 g/mol. The fourth-order valence-corrected chi connectivity index (χ4v) is 2.41. The third kappa shape index (κ3) is 11.2. The maximum Gasteiger partial charge on any atom is 0.325 e. The van der Waals surface area contributed by atoms with E-state index in [-0.39, 0.29) is 17.5 Å². The fraction of sp³-hybridized carbons (Fsp3) is 0.632. The molecule has 0 spiro atoms. The highest BCUT2D eigenvalue weighted by atomic mass is 16.4. The van der Waals surface area contributed by atoms with Gasteiger partial charge in [0.1, 0.15) is 11.7 Å². The molecule has 0 saturated heterocycles. The van der Waals surface area contributed by atoms with Gasteiger partial charge in [0.05, 0.1) is 12.1 Å². The van der Waals surface area contributed by atoms with E-state index in [1.54, 1.807) is 0 Å². The molecule has 0 aliphatic carbocycles. The van der Waals surface area contributed by atoms with Crippen molar-refractivity contribution in [2.24, 2.45) is 0 Å². The smallest absolute Gasteiger partial charge is 0.325 e. The lowest BCUT2D eigenvalue weighted by atomic mass is 10.1. The van der Waals surface area contributed by atoms with E-state index in [0.717, 1.165) is 19.3 Å². The van der Waals surface area contributed by atoms with Crippen LogP contribution in [0.1, 0.15) is 52.9 Å². The summed E-state index contributed by atoms with van der Waals surface area (Å²) in [5, 5.41) is 33.9. The van der Waals surface area contributed by atoms with Gasteiger partial charge in [0.15, 0.2) is 5.82 Å². The van der Waals surface area contributed by atoms with Crippen LogP contribution in [0.25, 0.3) is 0 Å². The maximum absolute atomic E-state index is 11.6. The maximum atomic E-state index is 11.6. The van der Waals surface area contributed by atoms with Crippen LogP contribution in [0.5, 0.6) is 0 Å². The Morgan fingerprint density at radius 3 is 2.44 bits per heavy atom. The zero-order valence-electron chi connectivity index (χ0n) is 18.6. The number of nitrogen functional groups attached to an aromatic ring is 1. The summed E-state index contributed by atoms with van der Waals surface area (Å²) in [4.78, 5) is 47.2. The highest BCUT2D eigenvalue weighted by Gasteiger charge is 2.25. The Hall–Kier alpha value is -3.35. The molecule has 13 nitrogen and oxygen atoms in total. The van der Waals surface area contributed by atoms with Crippen LogP contribution < -0.4 is 27.2 Å².